The summed E-state index contributed by atoms with van der Waals surface area (Å²) in [4.78, 5) is 15.4. The first-order chi connectivity index (χ1) is 7.25. The zero-order chi connectivity index (χ0) is 10.7. The molecule has 0 fully saturated rings. The second-order valence-corrected chi connectivity index (χ2v) is 2.82. The summed E-state index contributed by atoms with van der Waals surface area (Å²) in [6.45, 7) is 0. The van der Waals surface area contributed by atoms with Crippen LogP contribution in [-0.4, -0.2) is 16.0 Å². The van der Waals surface area contributed by atoms with Gasteiger partial charge < -0.3 is 15.6 Å². The zero-order valence-electron chi connectivity index (χ0n) is 7.68. The van der Waals surface area contributed by atoms with Gasteiger partial charge in [0, 0.05) is 6.07 Å². The fourth-order valence-electron chi connectivity index (χ4n) is 0.989. The fraction of sp³-hybridized carbons (Fsp3) is 0. The average Bonchev–Trinajstić information content (AvgIpc) is 2.74. The van der Waals surface area contributed by atoms with Crippen molar-refractivity contribution in [1.82, 2.24) is 10.1 Å². The molecule has 0 aliphatic carbocycles. The van der Waals surface area contributed by atoms with Crippen LogP contribution in [0.3, 0.4) is 0 Å². The molecule has 0 aromatic carbocycles. The third-order valence-corrected chi connectivity index (χ3v) is 1.70. The van der Waals surface area contributed by atoms with Crippen molar-refractivity contribution in [3.05, 3.63) is 36.4 Å². The maximum absolute atomic E-state index is 11.5. The number of hydrogen-bond acceptors (Lipinski definition) is 5. The maximum atomic E-state index is 11.5. The van der Waals surface area contributed by atoms with Crippen molar-refractivity contribution in [3.8, 4) is 0 Å². The first-order valence-corrected chi connectivity index (χ1v) is 4.19. The van der Waals surface area contributed by atoms with Crippen LogP contribution >= 0.6 is 0 Å². The van der Waals surface area contributed by atoms with Crippen molar-refractivity contribution in [2.45, 2.75) is 0 Å². The van der Waals surface area contributed by atoms with E-state index in [1.54, 1.807) is 12.1 Å². The second kappa shape index (κ2) is 3.79. The van der Waals surface area contributed by atoms with Crippen LogP contribution in [0.4, 0.5) is 11.5 Å². The first kappa shape index (κ1) is 9.20. The van der Waals surface area contributed by atoms with Crippen LogP contribution in [0, 0.1) is 0 Å². The molecule has 2 aromatic heterocycles. The lowest BCUT2D eigenvalue weighted by atomic mass is 10.4. The average molecular weight is 204 g/mol. The Balaban J connectivity index is 2.09. The monoisotopic (exact) mass is 204 g/mol. The molecule has 3 N–H and O–H groups in total. The summed E-state index contributed by atoms with van der Waals surface area (Å²) in [5.41, 5.74) is 6.19. The molecule has 6 nitrogen and oxygen atoms in total. The van der Waals surface area contributed by atoms with Crippen molar-refractivity contribution < 1.29 is 9.32 Å². The van der Waals surface area contributed by atoms with Gasteiger partial charge in [-0.3, -0.25) is 4.79 Å². The summed E-state index contributed by atoms with van der Waals surface area (Å²) in [5, 5.41) is 6.03. The number of hydrogen-bond donors (Lipinski definition) is 2. The SMILES string of the molecule is Nc1ccc(NC(=O)c2ccon2)nc1. The molecule has 0 spiro atoms. The number of anilines is 2. The number of aromatic nitrogens is 2. The standard InChI is InChI=1S/C9H8N4O2/c10-6-1-2-8(11-5-6)12-9(14)7-3-4-15-13-7/h1-5H,10H2,(H,11,12,14). The molecule has 15 heavy (non-hydrogen) atoms. The second-order valence-electron chi connectivity index (χ2n) is 2.82. The normalized spacial score (nSPS) is 9.87. The molecule has 0 aliphatic rings. The number of pyridine rings is 1. The summed E-state index contributed by atoms with van der Waals surface area (Å²) in [5.74, 6) is 0.0400. The summed E-state index contributed by atoms with van der Waals surface area (Å²) in [6.07, 6.45) is 2.78. The Hall–Kier alpha value is -2.37. The van der Waals surface area contributed by atoms with E-state index in [-0.39, 0.29) is 11.6 Å². The van der Waals surface area contributed by atoms with E-state index in [1.807, 2.05) is 0 Å². The van der Waals surface area contributed by atoms with E-state index in [9.17, 15) is 4.79 Å². The summed E-state index contributed by atoms with van der Waals surface area (Å²) in [6, 6.07) is 4.71. The minimum Gasteiger partial charge on any atom is -0.397 e. The molecule has 0 aliphatic heterocycles. The Labute approximate surface area is 85.1 Å². The molecular weight excluding hydrogens is 196 g/mol. The summed E-state index contributed by atoms with van der Waals surface area (Å²) < 4.78 is 4.54. The van der Waals surface area contributed by atoms with Gasteiger partial charge in [0.2, 0.25) is 0 Å². The largest absolute Gasteiger partial charge is 0.397 e. The van der Waals surface area contributed by atoms with Gasteiger partial charge >= 0.3 is 0 Å². The molecule has 0 bridgehead atoms. The number of amides is 1. The smallest absolute Gasteiger partial charge is 0.278 e. The molecule has 2 aromatic rings. The Kier molecular flexibility index (Phi) is 2.32. The van der Waals surface area contributed by atoms with Crippen molar-refractivity contribution in [2.24, 2.45) is 0 Å². The lowest BCUT2D eigenvalue weighted by Gasteiger charge is -2.01. The van der Waals surface area contributed by atoms with Crippen LogP contribution in [0.25, 0.3) is 0 Å². The van der Waals surface area contributed by atoms with Gasteiger partial charge in [0.05, 0.1) is 11.9 Å². The van der Waals surface area contributed by atoms with Gasteiger partial charge in [-0.05, 0) is 12.1 Å². The molecular formula is C9H8N4O2. The van der Waals surface area contributed by atoms with E-state index >= 15 is 0 Å². The predicted molar refractivity (Wildman–Crippen MR) is 53.1 cm³/mol. The molecule has 0 radical (unpaired) electrons. The highest BCUT2D eigenvalue weighted by Crippen LogP contribution is 2.07. The molecule has 2 rings (SSSR count). The van der Waals surface area contributed by atoms with Crippen LogP contribution in [0.2, 0.25) is 0 Å². The zero-order valence-corrected chi connectivity index (χ0v) is 7.68. The quantitative estimate of drug-likeness (QED) is 0.758. The van der Waals surface area contributed by atoms with Crippen LogP contribution in [0.5, 0.6) is 0 Å². The number of nitrogen functional groups attached to an aromatic ring is 1. The highest BCUT2D eigenvalue weighted by atomic mass is 16.5. The van der Waals surface area contributed by atoms with Crippen LogP contribution < -0.4 is 11.1 Å². The van der Waals surface area contributed by atoms with E-state index in [4.69, 9.17) is 5.73 Å². The third kappa shape index (κ3) is 2.11. The summed E-state index contributed by atoms with van der Waals surface area (Å²) in [7, 11) is 0. The lowest BCUT2D eigenvalue weighted by molar-refractivity contribution is 0.101. The molecule has 0 atom stereocenters. The van der Waals surface area contributed by atoms with Crippen molar-refractivity contribution >= 4 is 17.4 Å². The van der Waals surface area contributed by atoms with E-state index in [0.717, 1.165) is 0 Å². The van der Waals surface area contributed by atoms with Gasteiger partial charge in [-0.1, -0.05) is 5.16 Å². The van der Waals surface area contributed by atoms with E-state index < -0.39 is 0 Å². The van der Waals surface area contributed by atoms with E-state index in [0.29, 0.717) is 11.5 Å². The Bertz CT molecular complexity index is 449. The van der Waals surface area contributed by atoms with Gasteiger partial charge in [0.25, 0.3) is 5.91 Å². The van der Waals surface area contributed by atoms with Gasteiger partial charge in [-0.25, -0.2) is 4.98 Å². The Morgan fingerprint density at radius 3 is 2.87 bits per heavy atom. The number of carbonyl (C=O) groups is 1. The lowest BCUT2D eigenvalue weighted by Crippen LogP contribution is -2.13. The first-order valence-electron chi connectivity index (χ1n) is 4.19. The molecule has 2 heterocycles. The van der Waals surface area contributed by atoms with Crippen LogP contribution in [-0.2, 0) is 0 Å². The highest BCUT2D eigenvalue weighted by Gasteiger charge is 2.09. The van der Waals surface area contributed by atoms with Gasteiger partial charge in [-0.15, -0.1) is 0 Å². The molecule has 0 unspecified atom stereocenters. The van der Waals surface area contributed by atoms with Gasteiger partial charge in [0.1, 0.15) is 12.1 Å². The maximum Gasteiger partial charge on any atom is 0.278 e. The summed E-state index contributed by atoms with van der Waals surface area (Å²) >= 11 is 0. The Morgan fingerprint density at radius 1 is 1.40 bits per heavy atom. The topological polar surface area (TPSA) is 94.0 Å². The molecule has 6 heteroatoms. The van der Waals surface area contributed by atoms with E-state index in [2.05, 4.69) is 20.0 Å². The molecule has 1 amide bonds. The fourth-order valence-corrected chi connectivity index (χ4v) is 0.989. The minimum absolute atomic E-state index is 0.202. The van der Waals surface area contributed by atoms with Crippen molar-refractivity contribution in [3.63, 3.8) is 0 Å². The van der Waals surface area contributed by atoms with Gasteiger partial charge in [0.15, 0.2) is 5.69 Å². The number of nitrogens with zero attached hydrogens (tertiary/aromatic N) is 2. The number of nitrogens with one attached hydrogen (secondary N) is 1. The minimum atomic E-state index is -0.374. The van der Waals surface area contributed by atoms with Gasteiger partial charge in [-0.2, -0.15) is 0 Å². The van der Waals surface area contributed by atoms with Crippen molar-refractivity contribution in [1.29, 1.82) is 0 Å². The molecule has 0 saturated carbocycles. The van der Waals surface area contributed by atoms with Crippen LogP contribution in [0.15, 0.2) is 35.2 Å². The Morgan fingerprint density at radius 2 is 2.27 bits per heavy atom. The van der Waals surface area contributed by atoms with E-state index in [1.165, 1.54) is 18.5 Å². The number of nitrogens with two attached hydrogens (primary N) is 1. The van der Waals surface area contributed by atoms with Crippen molar-refractivity contribution in [2.75, 3.05) is 11.1 Å². The highest BCUT2D eigenvalue weighted by molar-refractivity contribution is 6.02. The molecule has 76 valence electrons. The third-order valence-electron chi connectivity index (χ3n) is 1.70. The predicted octanol–water partition coefficient (Wildman–Crippen LogP) is 0.904. The number of carbonyl (C=O) groups excluding carboxylic acids is 1. The number of rotatable bonds is 2. The molecule has 0 saturated heterocycles. The van der Waals surface area contributed by atoms with Crippen LogP contribution in [0.1, 0.15) is 10.5 Å².